The van der Waals surface area contributed by atoms with Crippen LogP contribution in [0.5, 0.6) is 17.2 Å². The van der Waals surface area contributed by atoms with Gasteiger partial charge in [-0.2, -0.15) is 0 Å². The molecule has 172 valence electrons. The van der Waals surface area contributed by atoms with Crippen LogP contribution in [0.2, 0.25) is 0 Å². The third kappa shape index (κ3) is 4.71. The number of hydrogen-bond donors (Lipinski definition) is 0. The van der Waals surface area contributed by atoms with Gasteiger partial charge in [-0.05, 0) is 74.0 Å². The number of anilines is 1. The van der Waals surface area contributed by atoms with E-state index in [4.69, 9.17) is 14.2 Å². The number of amides is 1. The van der Waals surface area contributed by atoms with Gasteiger partial charge in [0.15, 0.2) is 0 Å². The molecule has 1 aliphatic rings. The van der Waals surface area contributed by atoms with Crippen molar-refractivity contribution in [3.63, 3.8) is 0 Å². The average molecular weight is 456 g/mol. The van der Waals surface area contributed by atoms with Crippen LogP contribution >= 0.6 is 0 Å². The molecular formula is C28H25NO5. The molecule has 0 fully saturated rings. The minimum Gasteiger partial charge on any atom is -0.494 e. The van der Waals surface area contributed by atoms with Crippen molar-refractivity contribution >= 4 is 23.6 Å². The molecule has 6 nitrogen and oxygen atoms in total. The van der Waals surface area contributed by atoms with E-state index >= 15 is 0 Å². The van der Waals surface area contributed by atoms with E-state index in [2.05, 4.69) is 0 Å². The van der Waals surface area contributed by atoms with E-state index in [0.717, 1.165) is 5.56 Å². The molecule has 34 heavy (non-hydrogen) atoms. The van der Waals surface area contributed by atoms with E-state index < -0.39 is 5.97 Å². The molecule has 4 rings (SSSR count). The summed E-state index contributed by atoms with van der Waals surface area (Å²) in [5, 5.41) is 0. The van der Waals surface area contributed by atoms with Crippen LogP contribution in [0.1, 0.15) is 19.4 Å². The average Bonchev–Trinajstić information content (AvgIpc) is 3.09. The number of hydrogen-bond acceptors (Lipinski definition) is 5. The molecule has 3 aromatic carbocycles. The van der Waals surface area contributed by atoms with Crippen LogP contribution in [-0.4, -0.2) is 25.6 Å². The van der Waals surface area contributed by atoms with Crippen LogP contribution in [0.15, 0.2) is 95.7 Å². The highest BCUT2D eigenvalue weighted by Gasteiger charge is 2.37. The van der Waals surface area contributed by atoms with E-state index in [1.54, 1.807) is 37.3 Å². The molecule has 0 saturated heterocycles. The molecule has 0 radical (unpaired) electrons. The first kappa shape index (κ1) is 22.9. The number of benzene rings is 3. The summed E-state index contributed by atoms with van der Waals surface area (Å²) in [4.78, 5) is 27.6. The Morgan fingerprint density at radius 2 is 1.62 bits per heavy atom. The van der Waals surface area contributed by atoms with Gasteiger partial charge in [-0.1, -0.05) is 30.3 Å². The number of carbonyl (C=O) groups is 2. The summed E-state index contributed by atoms with van der Waals surface area (Å²) >= 11 is 0. The predicted molar refractivity (Wildman–Crippen MR) is 131 cm³/mol. The zero-order chi connectivity index (χ0) is 24.1. The Morgan fingerprint density at radius 1 is 0.912 bits per heavy atom. The van der Waals surface area contributed by atoms with Crippen molar-refractivity contribution in [3.05, 3.63) is 101 Å². The van der Waals surface area contributed by atoms with Gasteiger partial charge in [-0.25, -0.2) is 4.79 Å². The summed E-state index contributed by atoms with van der Waals surface area (Å²) in [5.74, 6) is 1.16. The first-order chi connectivity index (χ1) is 16.5. The zero-order valence-electron chi connectivity index (χ0n) is 19.3. The second-order valence-electron chi connectivity index (χ2n) is 7.57. The molecule has 0 bridgehead atoms. The third-order valence-corrected chi connectivity index (χ3v) is 5.34. The zero-order valence-corrected chi connectivity index (χ0v) is 19.3. The van der Waals surface area contributed by atoms with Crippen LogP contribution in [0.25, 0.3) is 6.08 Å². The van der Waals surface area contributed by atoms with Crippen molar-refractivity contribution in [3.8, 4) is 17.2 Å². The van der Waals surface area contributed by atoms with E-state index in [0.29, 0.717) is 35.2 Å². The van der Waals surface area contributed by atoms with Crippen molar-refractivity contribution in [1.82, 2.24) is 0 Å². The molecule has 3 aromatic rings. The number of nitrogens with zero attached hydrogens (tertiary/aromatic N) is 1. The summed E-state index contributed by atoms with van der Waals surface area (Å²) in [5.41, 5.74) is 2.35. The quantitative estimate of drug-likeness (QED) is 0.335. The molecule has 0 aliphatic carbocycles. The number of methoxy groups -OCH3 is 1. The van der Waals surface area contributed by atoms with E-state index in [1.165, 1.54) is 12.0 Å². The number of esters is 1. The Bertz CT molecular complexity index is 1260. The lowest BCUT2D eigenvalue weighted by atomic mass is 10.0. The molecule has 0 N–H and O–H groups in total. The van der Waals surface area contributed by atoms with Gasteiger partial charge in [0.25, 0.3) is 5.91 Å². The van der Waals surface area contributed by atoms with Gasteiger partial charge in [0.2, 0.25) is 0 Å². The summed E-state index contributed by atoms with van der Waals surface area (Å²) in [7, 11) is 1.30. The number of para-hydroxylation sites is 1. The SMILES string of the molecule is CCOc1ccc(N2C(=O)/C(=C\c3cccc(Oc4ccccc4)c3)C(C(=O)OC)=C2C)cc1. The third-order valence-electron chi connectivity index (χ3n) is 5.34. The van der Waals surface area contributed by atoms with Crippen molar-refractivity contribution in [2.75, 3.05) is 18.6 Å². The maximum Gasteiger partial charge on any atom is 0.340 e. The van der Waals surface area contributed by atoms with Crippen molar-refractivity contribution in [2.24, 2.45) is 0 Å². The maximum absolute atomic E-state index is 13.5. The number of rotatable bonds is 7. The summed E-state index contributed by atoms with van der Waals surface area (Å²) < 4.78 is 16.4. The molecule has 1 aliphatic heterocycles. The van der Waals surface area contributed by atoms with Gasteiger partial charge in [-0.15, -0.1) is 0 Å². The smallest absolute Gasteiger partial charge is 0.340 e. The molecule has 1 heterocycles. The lowest BCUT2D eigenvalue weighted by molar-refractivity contribution is -0.136. The lowest BCUT2D eigenvalue weighted by Gasteiger charge is -2.18. The van der Waals surface area contributed by atoms with Crippen LogP contribution in [0, 0.1) is 0 Å². The monoisotopic (exact) mass is 455 g/mol. The molecule has 0 spiro atoms. The predicted octanol–water partition coefficient (Wildman–Crippen LogP) is 5.75. The molecule has 0 atom stereocenters. The maximum atomic E-state index is 13.5. The highest BCUT2D eigenvalue weighted by Crippen LogP contribution is 2.36. The topological polar surface area (TPSA) is 65.1 Å². The molecule has 0 unspecified atom stereocenters. The Kier molecular flexibility index (Phi) is 6.78. The van der Waals surface area contributed by atoms with Crippen molar-refractivity contribution in [2.45, 2.75) is 13.8 Å². The lowest BCUT2D eigenvalue weighted by Crippen LogP contribution is -2.24. The summed E-state index contributed by atoms with van der Waals surface area (Å²) in [6.45, 7) is 4.19. The minimum atomic E-state index is -0.567. The van der Waals surface area contributed by atoms with Crippen LogP contribution in [-0.2, 0) is 14.3 Å². The minimum absolute atomic E-state index is 0.232. The normalized spacial score (nSPS) is 14.5. The van der Waals surface area contributed by atoms with E-state index in [9.17, 15) is 9.59 Å². The van der Waals surface area contributed by atoms with Crippen molar-refractivity contribution < 1.29 is 23.8 Å². The number of ether oxygens (including phenoxy) is 3. The Morgan fingerprint density at radius 3 is 2.29 bits per heavy atom. The van der Waals surface area contributed by atoms with Gasteiger partial charge in [-0.3, -0.25) is 9.69 Å². The molecule has 1 amide bonds. The fourth-order valence-corrected chi connectivity index (χ4v) is 3.81. The fourth-order valence-electron chi connectivity index (χ4n) is 3.81. The highest BCUT2D eigenvalue weighted by molar-refractivity contribution is 6.23. The molecule has 0 aromatic heterocycles. The summed E-state index contributed by atoms with van der Waals surface area (Å²) in [6, 6.07) is 23.9. The van der Waals surface area contributed by atoms with Gasteiger partial charge in [0, 0.05) is 11.4 Å². The largest absolute Gasteiger partial charge is 0.494 e. The van der Waals surface area contributed by atoms with E-state index in [1.807, 2.05) is 61.5 Å². The Hall–Kier alpha value is -4.32. The van der Waals surface area contributed by atoms with Crippen LogP contribution in [0.4, 0.5) is 5.69 Å². The van der Waals surface area contributed by atoms with Gasteiger partial charge < -0.3 is 14.2 Å². The second-order valence-corrected chi connectivity index (χ2v) is 7.57. The fraction of sp³-hybridized carbons (Fsp3) is 0.143. The van der Waals surface area contributed by atoms with Crippen LogP contribution < -0.4 is 14.4 Å². The number of allylic oxidation sites excluding steroid dienone is 1. The molecular weight excluding hydrogens is 430 g/mol. The van der Waals surface area contributed by atoms with Gasteiger partial charge in [0.1, 0.15) is 17.2 Å². The van der Waals surface area contributed by atoms with Crippen LogP contribution in [0.3, 0.4) is 0 Å². The van der Waals surface area contributed by atoms with Gasteiger partial charge in [0.05, 0.1) is 24.9 Å². The Labute approximate surface area is 198 Å². The standard InChI is InChI=1S/C28H25NO5/c1-4-33-22-15-13-21(14-16-22)29-19(2)26(28(31)32-3)25(27(29)30)18-20-9-8-12-24(17-20)34-23-10-6-5-7-11-23/h5-18H,4H2,1-3H3/b25-18-. The molecule has 0 saturated carbocycles. The highest BCUT2D eigenvalue weighted by atomic mass is 16.5. The Balaban J connectivity index is 1.70. The first-order valence-electron chi connectivity index (χ1n) is 10.9. The first-order valence-corrected chi connectivity index (χ1v) is 10.9. The summed E-state index contributed by atoms with van der Waals surface area (Å²) in [6.07, 6.45) is 1.69. The molecule has 6 heteroatoms. The van der Waals surface area contributed by atoms with Crippen molar-refractivity contribution in [1.29, 1.82) is 0 Å². The van der Waals surface area contributed by atoms with E-state index in [-0.39, 0.29) is 17.1 Å². The number of carbonyl (C=O) groups excluding carboxylic acids is 2. The second kappa shape index (κ2) is 10.1. The van der Waals surface area contributed by atoms with Gasteiger partial charge >= 0.3 is 5.97 Å².